The highest BCUT2D eigenvalue weighted by molar-refractivity contribution is 5.81. The van der Waals surface area contributed by atoms with E-state index in [1.165, 1.54) is 5.56 Å². The van der Waals surface area contributed by atoms with Crippen molar-refractivity contribution in [1.29, 1.82) is 0 Å². The minimum Gasteiger partial charge on any atom is -0.486 e. The topological polar surface area (TPSA) is 59.2 Å². The fourth-order valence-electron chi connectivity index (χ4n) is 2.71. The number of hydrogen-bond donors (Lipinski definition) is 2. The second-order valence-electron chi connectivity index (χ2n) is 5.38. The fraction of sp³-hybridized carbons (Fsp3) is 0.235. The van der Waals surface area contributed by atoms with E-state index in [1.54, 1.807) is 0 Å². The highest BCUT2D eigenvalue weighted by Gasteiger charge is 2.20. The highest BCUT2D eigenvalue weighted by atomic mass is 16.6. The molecule has 112 valence electrons. The van der Waals surface area contributed by atoms with Crippen molar-refractivity contribution in [1.82, 2.24) is 15.5 Å². The van der Waals surface area contributed by atoms with E-state index in [1.807, 2.05) is 36.5 Å². The molecule has 1 aromatic heterocycles. The molecule has 0 bridgehead atoms. The van der Waals surface area contributed by atoms with Crippen LogP contribution in [-0.4, -0.2) is 29.5 Å². The molecule has 0 spiro atoms. The van der Waals surface area contributed by atoms with Crippen molar-refractivity contribution in [2.24, 2.45) is 0 Å². The molecule has 1 aliphatic rings. The minimum absolute atomic E-state index is 0.0240. The van der Waals surface area contributed by atoms with E-state index in [4.69, 9.17) is 9.47 Å². The van der Waals surface area contributed by atoms with Crippen LogP contribution in [0.4, 0.5) is 0 Å². The van der Waals surface area contributed by atoms with Gasteiger partial charge in [-0.05, 0) is 17.7 Å². The number of aromatic amines is 1. The molecule has 1 atom stereocenters. The molecule has 2 aromatic carbocycles. The van der Waals surface area contributed by atoms with E-state index in [0.29, 0.717) is 6.61 Å². The summed E-state index contributed by atoms with van der Waals surface area (Å²) in [6, 6.07) is 14.0. The summed E-state index contributed by atoms with van der Waals surface area (Å²) in [7, 11) is 0. The van der Waals surface area contributed by atoms with Gasteiger partial charge in [0.15, 0.2) is 11.5 Å². The number of H-pyrrole nitrogens is 1. The normalized spacial score (nSPS) is 16.8. The second-order valence-corrected chi connectivity index (χ2v) is 5.38. The molecule has 1 aliphatic heterocycles. The third-order valence-electron chi connectivity index (χ3n) is 3.82. The van der Waals surface area contributed by atoms with Gasteiger partial charge in [0, 0.05) is 18.5 Å². The van der Waals surface area contributed by atoms with E-state index >= 15 is 0 Å². The maximum Gasteiger partial charge on any atom is 0.161 e. The number of aromatic nitrogens is 2. The Morgan fingerprint density at radius 3 is 3.00 bits per heavy atom. The van der Waals surface area contributed by atoms with Crippen molar-refractivity contribution in [3.63, 3.8) is 0 Å². The summed E-state index contributed by atoms with van der Waals surface area (Å²) in [6.07, 6.45) is 1.87. The molecule has 0 saturated heterocycles. The van der Waals surface area contributed by atoms with Gasteiger partial charge >= 0.3 is 0 Å². The molecule has 0 saturated carbocycles. The monoisotopic (exact) mass is 295 g/mol. The summed E-state index contributed by atoms with van der Waals surface area (Å²) in [5, 5.41) is 11.7. The first-order valence-corrected chi connectivity index (χ1v) is 7.40. The summed E-state index contributed by atoms with van der Waals surface area (Å²) in [5.41, 5.74) is 2.29. The van der Waals surface area contributed by atoms with Crippen molar-refractivity contribution < 1.29 is 9.47 Å². The lowest BCUT2D eigenvalue weighted by Gasteiger charge is -2.26. The molecule has 0 radical (unpaired) electrons. The number of nitrogens with one attached hydrogen (secondary N) is 2. The SMILES string of the molecule is c1ccc2c(c1)OC[C@H](CNCc1cccc3cn[nH]c13)O2. The number of para-hydroxylation sites is 3. The van der Waals surface area contributed by atoms with Gasteiger partial charge in [0.2, 0.25) is 0 Å². The number of ether oxygens (including phenoxy) is 2. The van der Waals surface area contributed by atoms with Crippen LogP contribution in [0.3, 0.4) is 0 Å². The Bertz CT molecular complexity index is 784. The second kappa shape index (κ2) is 5.69. The first-order valence-electron chi connectivity index (χ1n) is 7.40. The third-order valence-corrected chi connectivity index (χ3v) is 3.82. The molecular formula is C17H17N3O2. The Morgan fingerprint density at radius 2 is 2.05 bits per heavy atom. The van der Waals surface area contributed by atoms with Gasteiger partial charge in [0.05, 0.1) is 11.7 Å². The first kappa shape index (κ1) is 13.2. The zero-order valence-electron chi connectivity index (χ0n) is 12.1. The van der Waals surface area contributed by atoms with E-state index < -0.39 is 0 Å². The van der Waals surface area contributed by atoms with Crippen LogP contribution in [0.15, 0.2) is 48.7 Å². The van der Waals surface area contributed by atoms with Crippen LogP contribution in [0.1, 0.15) is 5.56 Å². The average molecular weight is 295 g/mol. The van der Waals surface area contributed by atoms with E-state index in [-0.39, 0.29) is 6.10 Å². The van der Waals surface area contributed by atoms with Crippen molar-refractivity contribution >= 4 is 10.9 Å². The van der Waals surface area contributed by atoms with E-state index in [9.17, 15) is 0 Å². The lowest BCUT2D eigenvalue weighted by Crippen LogP contribution is -2.38. The molecule has 0 unspecified atom stereocenters. The number of fused-ring (bicyclic) bond motifs is 2. The van der Waals surface area contributed by atoms with Crippen LogP contribution >= 0.6 is 0 Å². The predicted octanol–water partition coefficient (Wildman–Crippen LogP) is 2.49. The Kier molecular flexibility index (Phi) is 3.40. The molecule has 4 rings (SSSR count). The van der Waals surface area contributed by atoms with Gasteiger partial charge in [-0.15, -0.1) is 0 Å². The maximum absolute atomic E-state index is 5.93. The van der Waals surface area contributed by atoms with Crippen molar-refractivity contribution in [2.75, 3.05) is 13.2 Å². The molecule has 3 aromatic rings. The van der Waals surface area contributed by atoms with Crippen LogP contribution in [0.2, 0.25) is 0 Å². The van der Waals surface area contributed by atoms with Gasteiger partial charge < -0.3 is 14.8 Å². The Balaban J connectivity index is 1.37. The molecule has 5 nitrogen and oxygen atoms in total. The predicted molar refractivity (Wildman–Crippen MR) is 84.2 cm³/mol. The van der Waals surface area contributed by atoms with E-state index in [0.717, 1.165) is 35.5 Å². The van der Waals surface area contributed by atoms with Crippen LogP contribution in [-0.2, 0) is 6.54 Å². The Hall–Kier alpha value is -2.53. The van der Waals surface area contributed by atoms with Gasteiger partial charge in [0.1, 0.15) is 12.7 Å². The highest BCUT2D eigenvalue weighted by Crippen LogP contribution is 2.30. The maximum atomic E-state index is 5.93. The zero-order valence-corrected chi connectivity index (χ0v) is 12.1. The molecule has 0 amide bonds. The van der Waals surface area contributed by atoms with Gasteiger partial charge in [-0.2, -0.15) is 5.10 Å². The van der Waals surface area contributed by atoms with Gasteiger partial charge in [-0.25, -0.2) is 0 Å². The zero-order chi connectivity index (χ0) is 14.8. The number of hydrogen-bond acceptors (Lipinski definition) is 4. The van der Waals surface area contributed by atoms with Crippen molar-refractivity contribution in [2.45, 2.75) is 12.6 Å². The Morgan fingerprint density at radius 1 is 1.14 bits per heavy atom. The third kappa shape index (κ3) is 2.51. The molecule has 2 heterocycles. The fourth-order valence-corrected chi connectivity index (χ4v) is 2.71. The van der Waals surface area contributed by atoms with E-state index in [2.05, 4.69) is 27.6 Å². The summed E-state index contributed by atoms with van der Waals surface area (Å²) in [6.45, 7) is 2.07. The molecular weight excluding hydrogens is 278 g/mol. The average Bonchev–Trinajstić information content (AvgIpc) is 3.04. The van der Waals surface area contributed by atoms with Gasteiger partial charge in [0.25, 0.3) is 0 Å². The van der Waals surface area contributed by atoms with Crippen LogP contribution < -0.4 is 14.8 Å². The molecule has 2 N–H and O–H groups in total. The van der Waals surface area contributed by atoms with Gasteiger partial charge in [-0.3, -0.25) is 5.10 Å². The minimum atomic E-state index is 0.0240. The smallest absolute Gasteiger partial charge is 0.161 e. The first-order chi connectivity index (χ1) is 10.9. The molecule has 22 heavy (non-hydrogen) atoms. The summed E-state index contributed by atoms with van der Waals surface area (Å²) in [5.74, 6) is 1.64. The lowest BCUT2D eigenvalue weighted by atomic mass is 10.1. The summed E-state index contributed by atoms with van der Waals surface area (Å²) in [4.78, 5) is 0. The quantitative estimate of drug-likeness (QED) is 0.776. The summed E-state index contributed by atoms with van der Waals surface area (Å²) >= 11 is 0. The summed E-state index contributed by atoms with van der Waals surface area (Å²) < 4.78 is 11.7. The van der Waals surface area contributed by atoms with Crippen molar-refractivity contribution in [3.05, 3.63) is 54.2 Å². The Labute approximate surface area is 128 Å². The van der Waals surface area contributed by atoms with Crippen LogP contribution in [0, 0.1) is 0 Å². The number of nitrogens with zero attached hydrogens (tertiary/aromatic N) is 1. The molecule has 0 aliphatic carbocycles. The van der Waals surface area contributed by atoms with Crippen LogP contribution in [0.5, 0.6) is 11.5 Å². The molecule has 0 fully saturated rings. The largest absolute Gasteiger partial charge is 0.486 e. The van der Waals surface area contributed by atoms with Crippen molar-refractivity contribution in [3.8, 4) is 11.5 Å². The number of benzene rings is 2. The van der Waals surface area contributed by atoms with Gasteiger partial charge in [-0.1, -0.05) is 30.3 Å². The van der Waals surface area contributed by atoms with Crippen LogP contribution in [0.25, 0.3) is 10.9 Å². The lowest BCUT2D eigenvalue weighted by molar-refractivity contribution is 0.0902. The number of rotatable bonds is 4. The molecule has 5 heteroatoms. The standard InChI is InChI=1S/C17H17N3O2/c1-2-7-16-15(6-1)21-11-14(22-16)10-18-8-12-4-3-5-13-9-19-20-17(12)13/h1-7,9,14,18H,8,10-11H2,(H,19,20)/t14-/m0/s1.